The van der Waals surface area contributed by atoms with Crippen LogP contribution in [0, 0.1) is 19.7 Å². The molecule has 1 N–H and O–H groups in total. The Morgan fingerprint density at radius 3 is 2.54 bits per heavy atom. The molecule has 26 heavy (non-hydrogen) atoms. The first-order chi connectivity index (χ1) is 12.3. The summed E-state index contributed by atoms with van der Waals surface area (Å²) in [4.78, 5) is 4.39. The topological polar surface area (TPSA) is 64.0 Å². The third kappa shape index (κ3) is 3.54. The molecule has 3 rings (SSSR count). The number of sulfonamides is 1. The van der Waals surface area contributed by atoms with Gasteiger partial charge < -0.3 is 4.57 Å². The summed E-state index contributed by atoms with van der Waals surface area (Å²) in [6, 6.07) is 10.4. The molecule has 0 saturated heterocycles. The van der Waals surface area contributed by atoms with Crippen LogP contribution >= 0.6 is 0 Å². The van der Waals surface area contributed by atoms with E-state index in [0.29, 0.717) is 11.4 Å². The average molecular weight is 373 g/mol. The fourth-order valence-electron chi connectivity index (χ4n) is 2.84. The highest BCUT2D eigenvalue weighted by Gasteiger charge is 2.28. The molecule has 5 nitrogen and oxygen atoms in total. The Hall–Kier alpha value is -2.51. The van der Waals surface area contributed by atoms with Gasteiger partial charge in [0.05, 0.1) is 4.90 Å². The monoisotopic (exact) mass is 373 g/mol. The summed E-state index contributed by atoms with van der Waals surface area (Å²) in [5.74, 6) is -0.0897. The minimum atomic E-state index is -3.89. The normalized spacial score (nSPS) is 12.9. The molecule has 0 aliphatic carbocycles. The molecule has 0 amide bonds. The van der Waals surface area contributed by atoms with Crippen LogP contribution < -0.4 is 4.72 Å². The zero-order chi connectivity index (χ0) is 18.9. The zero-order valence-electron chi connectivity index (χ0n) is 14.8. The molecule has 0 radical (unpaired) electrons. The van der Waals surface area contributed by atoms with Crippen LogP contribution in [0.15, 0.2) is 59.8 Å². The van der Waals surface area contributed by atoms with E-state index in [-0.39, 0.29) is 10.5 Å². The summed E-state index contributed by atoms with van der Waals surface area (Å²) in [5.41, 5.74) is 1.67. The molecule has 3 aromatic rings. The van der Waals surface area contributed by atoms with Gasteiger partial charge in [-0.15, -0.1) is 0 Å². The minimum absolute atomic E-state index is 0.174. The lowest BCUT2D eigenvalue weighted by Gasteiger charge is -2.20. The summed E-state index contributed by atoms with van der Waals surface area (Å²) < 4.78 is 44.8. The molecule has 0 saturated carbocycles. The average Bonchev–Trinajstić information content (AvgIpc) is 3.01. The molecule has 2 aromatic carbocycles. The van der Waals surface area contributed by atoms with E-state index in [9.17, 15) is 12.8 Å². The lowest BCUT2D eigenvalue weighted by Crippen LogP contribution is -2.32. The Morgan fingerprint density at radius 2 is 1.88 bits per heavy atom. The third-order valence-corrected chi connectivity index (χ3v) is 5.80. The van der Waals surface area contributed by atoms with Crippen LogP contribution in [0.2, 0.25) is 0 Å². The lowest BCUT2D eigenvalue weighted by molar-refractivity contribution is 0.544. The Labute approximate surface area is 152 Å². The second kappa shape index (κ2) is 7.01. The molecule has 136 valence electrons. The molecule has 0 aliphatic rings. The Morgan fingerprint density at radius 1 is 1.15 bits per heavy atom. The smallest absolute Gasteiger partial charge is 0.241 e. The van der Waals surface area contributed by atoms with Gasteiger partial charge in [-0.3, -0.25) is 0 Å². The van der Waals surface area contributed by atoms with Crippen molar-refractivity contribution in [3.8, 4) is 0 Å². The predicted octanol–water partition coefficient (Wildman–Crippen LogP) is 3.24. The number of aryl methyl sites for hydroxylation is 3. The number of halogens is 1. The van der Waals surface area contributed by atoms with Crippen LogP contribution in [0.5, 0.6) is 0 Å². The summed E-state index contributed by atoms with van der Waals surface area (Å²) in [6.45, 7) is 3.55. The van der Waals surface area contributed by atoms with Crippen molar-refractivity contribution in [1.82, 2.24) is 14.3 Å². The third-order valence-electron chi connectivity index (χ3n) is 4.24. The van der Waals surface area contributed by atoms with Gasteiger partial charge in [-0.05, 0) is 37.1 Å². The molecular formula is C19H20FN3O2S. The number of nitrogens with one attached hydrogen (secondary N) is 1. The fraction of sp³-hybridized carbons (Fsp3) is 0.211. The minimum Gasteiger partial charge on any atom is -0.336 e. The maximum atomic E-state index is 14.4. The number of hydrogen-bond acceptors (Lipinski definition) is 3. The molecule has 0 bridgehead atoms. The maximum Gasteiger partial charge on any atom is 0.241 e. The lowest BCUT2D eigenvalue weighted by atomic mass is 10.1. The van der Waals surface area contributed by atoms with Gasteiger partial charge in [-0.25, -0.2) is 17.8 Å². The van der Waals surface area contributed by atoms with E-state index < -0.39 is 21.9 Å². The van der Waals surface area contributed by atoms with Crippen molar-refractivity contribution in [3.63, 3.8) is 0 Å². The second-order valence-corrected chi connectivity index (χ2v) is 7.92. The molecule has 1 aromatic heterocycles. The first-order valence-corrected chi connectivity index (χ1v) is 9.59. The van der Waals surface area contributed by atoms with E-state index in [1.54, 1.807) is 61.3 Å². The first kappa shape index (κ1) is 18.3. The van der Waals surface area contributed by atoms with Crippen LogP contribution in [0.4, 0.5) is 4.39 Å². The highest BCUT2D eigenvalue weighted by atomic mass is 32.2. The van der Waals surface area contributed by atoms with Gasteiger partial charge in [0.1, 0.15) is 17.7 Å². The molecule has 1 heterocycles. The van der Waals surface area contributed by atoms with Gasteiger partial charge >= 0.3 is 0 Å². The predicted molar refractivity (Wildman–Crippen MR) is 97.7 cm³/mol. The van der Waals surface area contributed by atoms with Gasteiger partial charge in [-0.2, -0.15) is 4.72 Å². The summed E-state index contributed by atoms with van der Waals surface area (Å²) in [6.07, 6.45) is 3.24. The Bertz CT molecular complexity index is 1040. The van der Waals surface area contributed by atoms with Crippen molar-refractivity contribution >= 4 is 10.0 Å². The van der Waals surface area contributed by atoms with Crippen molar-refractivity contribution in [1.29, 1.82) is 0 Å². The molecule has 0 aliphatic heterocycles. The largest absolute Gasteiger partial charge is 0.336 e. The van der Waals surface area contributed by atoms with Crippen molar-refractivity contribution in [3.05, 3.63) is 83.2 Å². The molecule has 7 heteroatoms. The zero-order valence-corrected chi connectivity index (χ0v) is 15.6. The van der Waals surface area contributed by atoms with E-state index in [0.717, 1.165) is 5.56 Å². The van der Waals surface area contributed by atoms with E-state index in [4.69, 9.17) is 0 Å². The van der Waals surface area contributed by atoms with Crippen molar-refractivity contribution in [2.24, 2.45) is 7.05 Å². The van der Waals surface area contributed by atoms with Crippen LogP contribution in [0.1, 0.15) is 28.6 Å². The summed E-state index contributed by atoms with van der Waals surface area (Å²) >= 11 is 0. The van der Waals surface area contributed by atoms with Crippen molar-refractivity contribution < 1.29 is 12.8 Å². The molecule has 0 fully saturated rings. The van der Waals surface area contributed by atoms with Gasteiger partial charge in [0.2, 0.25) is 10.0 Å². The van der Waals surface area contributed by atoms with Crippen LogP contribution in [0.3, 0.4) is 0 Å². The number of hydrogen-bond donors (Lipinski definition) is 1. The molecule has 0 spiro atoms. The first-order valence-electron chi connectivity index (χ1n) is 8.11. The van der Waals surface area contributed by atoms with Gasteiger partial charge in [-0.1, -0.05) is 30.3 Å². The highest BCUT2D eigenvalue weighted by molar-refractivity contribution is 7.89. The van der Waals surface area contributed by atoms with E-state index in [1.165, 1.54) is 6.07 Å². The van der Waals surface area contributed by atoms with E-state index in [2.05, 4.69) is 9.71 Å². The Balaban J connectivity index is 2.11. The second-order valence-electron chi connectivity index (χ2n) is 6.24. The molecule has 1 unspecified atom stereocenters. The highest BCUT2D eigenvalue weighted by Crippen LogP contribution is 2.26. The SMILES string of the molecule is Cc1ccc(C)c(S(=O)(=O)NC(c2ccccc2F)c2nccn2C)c1. The molecular weight excluding hydrogens is 353 g/mol. The standard InChI is InChI=1S/C19H20FN3O2S/c1-13-8-9-14(2)17(12-13)26(24,25)22-18(19-21-10-11-23(19)3)15-6-4-5-7-16(15)20/h4-12,18,22H,1-3H3. The number of aromatic nitrogens is 2. The Kier molecular flexibility index (Phi) is 4.93. The van der Waals surface area contributed by atoms with Crippen LogP contribution in [-0.4, -0.2) is 18.0 Å². The number of rotatable bonds is 5. The van der Waals surface area contributed by atoms with Gasteiger partial charge in [0.15, 0.2) is 0 Å². The summed E-state index contributed by atoms with van der Waals surface area (Å²) in [7, 11) is -2.15. The fourth-order valence-corrected chi connectivity index (χ4v) is 4.34. The molecule has 1 atom stereocenters. The van der Waals surface area contributed by atoms with Crippen molar-refractivity contribution in [2.45, 2.75) is 24.8 Å². The number of imidazole rings is 1. The van der Waals surface area contributed by atoms with Crippen molar-refractivity contribution in [2.75, 3.05) is 0 Å². The van der Waals surface area contributed by atoms with Gasteiger partial charge in [0, 0.05) is 25.0 Å². The van der Waals surface area contributed by atoms with E-state index in [1.807, 2.05) is 13.0 Å². The maximum absolute atomic E-state index is 14.4. The quantitative estimate of drug-likeness (QED) is 0.747. The van der Waals surface area contributed by atoms with E-state index >= 15 is 0 Å². The van der Waals surface area contributed by atoms with Crippen LogP contribution in [-0.2, 0) is 17.1 Å². The number of nitrogens with zero attached hydrogens (tertiary/aromatic N) is 2. The van der Waals surface area contributed by atoms with Crippen LogP contribution in [0.25, 0.3) is 0 Å². The van der Waals surface area contributed by atoms with Gasteiger partial charge in [0.25, 0.3) is 0 Å². The summed E-state index contributed by atoms with van der Waals surface area (Å²) in [5, 5.41) is 0. The number of benzene rings is 2.